The normalized spacial score (nSPS) is 24.1. The van der Waals surface area contributed by atoms with E-state index in [1.807, 2.05) is 4.90 Å². The first kappa shape index (κ1) is 11.5. The zero-order valence-corrected chi connectivity index (χ0v) is 9.55. The summed E-state index contributed by atoms with van der Waals surface area (Å²) < 4.78 is 0. The highest BCUT2D eigenvalue weighted by Crippen LogP contribution is 2.23. The predicted octanol–water partition coefficient (Wildman–Crippen LogP) is 1.37. The molecule has 0 radical (unpaired) electrons. The molecule has 1 rings (SSSR count). The molecule has 0 aromatic rings. The lowest BCUT2D eigenvalue weighted by Crippen LogP contribution is -2.50. The van der Waals surface area contributed by atoms with Gasteiger partial charge in [0.25, 0.3) is 0 Å². The standard InChI is InChI=1S/C11H22N2O/c1-4-11(2,3)8-13-7-5-6-9(12)10(13)14/h9H,4-8,12H2,1-3H3. The molecule has 3 heteroatoms. The number of nitrogens with zero attached hydrogens (tertiary/aromatic N) is 1. The first-order chi connectivity index (χ1) is 6.46. The Kier molecular flexibility index (Phi) is 3.53. The number of hydrogen-bond donors (Lipinski definition) is 1. The summed E-state index contributed by atoms with van der Waals surface area (Å²) in [4.78, 5) is 13.6. The van der Waals surface area contributed by atoms with Crippen molar-refractivity contribution in [2.24, 2.45) is 11.1 Å². The smallest absolute Gasteiger partial charge is 0.239 e. The summed E-state index contributed by atoms with van der Waals surface area (Å²) in [5.41, 5.74) is 5.95. The van der Waals surface area contributed by atoms with Gasteiger partial charge in [-0.25, -0.2) is 0 Å². The molecule has 0 aliphatic carbocycles. The molecule has 0 saturated carbocycles. The van der Waals surface area contributed by atoms with Gasteiger partial charge in [-0.3, -0.25) is 4.79 Å². The van der Waals surface area contributed by atoms with Crippen LogP contribution in [0.25, 0.3) is 0 Å². The van der Waals surface area contributed by atoms with Gasteiger partial charge in [0.05, 0.1) is 6.04 Å². The lowest BCUT2D eigenvalue weighted by atomic mass is 9.88. The summed E-state index contributed by atoms with van der Waals surface area (Å²) in [6, 6.07) is -0.253. The van der Waals surface area contributed by atoms with Gasteiger partial charge in [-0.05, 0) is 24.7 Å². The molecule has 1 unspecified atom stereocenters. The third kappa shape index (κ3) is 2.71. The van der Waals surface area contributed by atoms with E-state index in [-0.39, 0.29) is 17.4 Å². The van der Waals surface area contributed by atoms with Gasteiger partial charge in [0, 0.05) is 13.1 Å². The van der Waals surface area contributed by atoms with Crippen molar-refractivity contribution in [3.05, 3.63) is 0 Å². The van der Waals surface area contributed by atoms with E-state index < -0.39 is 0 Å². The molecule has 82 valence electrons. The molecular weight excluding hydrogens is 176 g/mol. The maximum absolute atomic E-state index is 11.7. The molecule has 1 aliphatic rings. The molecule has 1 amide bonds. The number of piperidine rings is 1. The molecule has 2 N–H and O–H groups in total. The average molecular weight is 198 g/mol. The zero-order chi connectivity index (χ0) is 10.8. The summed E-state index contributed by atoms with van der Waals surface area (Å²) >= 11 is 0. The van der Waals surface area contributed by atoms with Crippen molar-refractivity contribution in [1.29, 1.82) is 0 Å². The van der Waals surface area contributed by atoms with Crippen LogP contribution in [0.5, 0.6) is 0 Å². The summed E-state index contributed by atoms with van der Waals surface area (Å²) in [6.07, 6.45) is 2.99. The second-order valence-electron chi connectivity index (χ2n) is 5.03. The number of nitrogens with two attached hydrogens (primary N) is 1. The Labute approximate surface area is 86.6 Å². The monoisotopic (exact) mass is 198 g/mol. The maximum Gasteiger partial charge on any atom is 0.239 e. The second kappa shape index (κ2) is 4.30. The van der Waals surface area contributed by atoms with Crippen molar-refractivity contribution in [2.75, 3.05) is 13.1 Å². The van der Waals surface area contributed by atoms with Crippen LogP contribution in [-0.2, 0) is 4.79 Å². The SMILES string of the molecule is CCC(C)(C)CN1CCCC(N)C1=O. The van der Waals surface area contributed by atoms with E-state index in [2.05, 4.69) is 20.8 Å². The summed E-state index contributed by atoms with van der Waals surface area (Å²) in [5, 5.41) is 0. The van der Waals surface area contributed by atoms with Gasteiger partial charge < -0.3 is 10.6 Å². The van der Waals surface area contributed by atoms with Gasteiger partial charge in [0.15, 0.2) is 0 Å². The molecule has 1 saturated heterocycles. The highest BCUT2D eigenvalue weighted by atomic mass is 16.2. The van der Waals surface area contributed by atoms with Gasteiger partial charge in [0.1, 0.15) is 0 Å². The van der Waals surface area contributed by atoms with Crippen LogP contribution < -0.4 is 5.73 Å². The average Bonchev–Trinajstić information content (AvgIpc) is 2.13. The molecule has 1 atom stereocenters. The Balaban J connectivity index is 2.55. The van der Waals surface area contributed by atoms with Crippen LogP contribution in [0, 0.1) is 5.41 Å². The first-order valence-corrected chi connectivity index (χ1v) is 5.50. The molecule has 0 aromatic carbocycles. The van der Waals surface area contributed by atoms with Crippen molar-refractivity contribution in [3.8, 4) is 0 Å². The van der Waals surface area contributed by atoms with E-state index in [0.717, 1.165) is 32.4 Å². The molecule has 14 heavy (non-hydrogen) atoms. The van der Waals surface area contributed by atoms with Crippen molar-refractivity contribution >= 4 is 5.91 Å². The number of carbonyl (C=O) groups is 1. The molecule has 0 aromatic heterocycles. The molecule has 0 spiro atoms. The minimum absolute atomic E-state index is 0.137. The van der Waals surface area contributed by atoms with Crippen LogP contribution in [0.3, 0.4) is 0 Å². The summed E-state index contributed by atoms with van der Waals surface area (Å²) in [6.45, 7) is 8.28. The van der Waals surface area contributed by atoms with Crippen molar-refractivity contribution in [3.63, 3.8) is 0 Å². The van der Waals surface area contributed by atoms with Gasteiger partial charge in [-0.15, -0.1) is 0 Å². The van der Waals surface area contributed by atoms with E-state index in [0.29, 0.717) is 0 Å². The van der Waals surface area contributed by atoms with Crippen LogP contribution in [0.2, 0.25) is 0 Å². The quantitative estimate of drug-likeness (QED) is 0.744. The third-order valence-corrected chi connectivity index (χ3v) is 3.15. The summed E-state index contributed by atoms with van der Waals surface area (Å²) in [5.74, 6) is 0.137. The number of carbonyl (C=O) groups excluding carboxylic acids is 1. The van der Waals surface area contributed by atoms with E-state index in [9.17, 15) is 4.79 Å². The number of amides is 1. The topological polar surface area (TPSA) is 46.3 Å². The van der Waals surface area contributed by atoms with E-state index in [1.165, 1.54) is 0 Å². The first-order valence-electron chi connectivity index (χ1n) is 5.50. The molecule has 0 bridgehead atoms. The highest BCUT2D eigenvalue weighted by molar-refractivity contribution is 5.82. The number of likely N-dealkylation sites (tertiary alicyclic amines) is 1. The maximum atomic E-state index is 11.7. The Bertz CT molecular complexity index is 213. The lowest BCUT2D eigenvalue weighted by Gasteiger charge is -2.36. The largest absolute Gasteiger partial charge is 0.341 e. The fraction of sp³-hybridized carbons (Fsp3) is 0.909. The number of rotatable bonds is 3. The van der Waals surface area contributed by atoms with Crippen LogP contribution in [0.1, 0.15) is 40.0 Å². The van der Waals surface area contributed by atoms with Crippen molar-refractivity contribution < 1.29 is 4.79 Å². The Morgan fingerprint density at radius 3 is 2.79 bits per heavy atom. The Morgan fingerprint density at radius 1 is 1.57 bits per heavy atom. The van der Waals surface area contributed by atoms with Gasteiger partial charge >= 0.3 is 0 Å². The highest BCUT2D eigenvalue weighted by Gasteiger charge is 2.29. The van der Waals surface area contributed by atoms with Crippen LogP contribution in [0.4, 0.5) is 0 Å². The minimum Gasteiger partial charge on any atom is -0.341 e. The molecule has 3 nitrogen and oxygen atoms in total. The molecular formula is C11H22N2O. The third-order valence-electron chi connectivity index (χ3n) is 3.15. The van der Waals surface area contributed by atoms with Gasteiger partial charge in [-0.1, -0.05) is 20.8 Å². The molecule has 1 fully saturated rings. The summed E-state index contributed by atoms with van der Waals surface area (Å²) in [7, 11) is 0. The lowest BCUT2D eigenvalue weighted by molar-refractivity contribution is -0.136. The van der Waals surface area contributed by atoms with E-state index >= 15 is 0 Å². The minimum atomic E-state index is -0.253. The van der Waals surface area contributed by atoms with Gasteiger partial charge in [0.2, 0.25) is 5.91 Å². The number of hydrogen-bond acceptors (Lipinski definition) is 2. The Morgan fingerprint density at radius 2 is 2.21 bits per heavy atom. The van der Waals surface area contributed by atoms with E-state index in [4.69, 9.17) is 5.73 Å². The van der Waals surface area contributed by atoms with Crippen LogP contribution in [-0.4, -0.2) is 29.9 Å². The molecule has 1 aliphatic heterocycles. The second-order valence-corrected chi connectivity index (χ2v) is 5.03. The van der Waals surface area contributed by atoms with Crippen molar-refractivity contribution in [2.45, 2.75) is 46.1 Å². The van der Waals surface area contributed by atoms with Crippen LogP contribution in [0.15, 0.2) is 0 Å². The molecule has 1 heterocycles. The van der Waals surface area contributed by atoms with Crippen molar-refractivity contribution in [1.82, 2.24) is 4.90 Å². The van der Waals surface area contributed by atoms with Crippen LogP contribution >= 0.6 is 0 Å². The van der Waals surface area contributed by atoms with E-state index in [1.54, 1.807) is 0 Å². The predicted molar refractivity (Wildman–Crippen MR) is 57.9 cm³/mol. The van der Waals surface area contributed by atoms with Gasteiger partial charge in [-0.2, -0.15) is 0 Å². The fourth-order valence-corrected chi connectivity index (χ4v) is 1.76. The fourth-order valence-electron chi connectivity index (χ4n) is 1.76. The zero-order valence-electron chi connectivity index (χ0n) is 9.55. The Hall–Kier alpha value is -0.570.